The first-order valence-corrected chi connectivity index (χ1v) is 6.06. The molecule has 1 spiro atoms. The Balaban J connectivity index is 2.03. The molecule has 80 valence electrons. The maximum atomic E-state index is 11.3. The van der Waals surface area contributed by atoms with Gasteiger partial charge in [-0.15, -0.1) is 0 Å². The Morgan fingerprint density at radius 2 is 1.86 bits per heavy atom. The molecule has 0 radical (unpaired) electrons. The van der Waals surface area contributed by atoms with E-state index < -0.39 is 0 Å². The van der Waals surface area contributed by atoms with E-state index >= 15 is 0 Å². The van der Waals surface area contributed by atoms with Crippen molar-refractivity contribution < 1.29 is 4.79 Å². The van der Waals surface area contributed by atoms with E-state index in [1.54, 1.807) is 6.92 Å². The molecule has 2 saturated carbocycles. The second-order valence-electron chi connectivity index (χ2n) is 5.63. The van der Waals surface area contributed by atoms with Crippen LogP contribution in [-0.2, 0) is 4.79 Å². The quantitative estimate of drug-likeness (QED) is 0.668. The van der Waals surface area contributed by atoms with Gasteiger partial charge in [-0.25, -0.2) is 0 Å². The Labute approximate surface area is 87.3 Å². The molecule has 2 aliphatic carbocycles. The van der Waals surface area contributed by atoms with E-state index in [0.717, 1.165) is 6.42 Å². The monoisotopic (exact) mass is 194 g/mol. The molecule has 2 aliphatic rings. The van der Waals surface area contributed by atoms with Gasteiger partial charge in [0.05, 0.1) is 0 Å². The van der Waals surface area contributed by atoms with Gasteiger partial charge in [0, 0.05) is 5.92 Å². The van der Waals surface area contributed by atoms with Crippen molar-refractivity contribution in [1.82, 2.24) is 0 Å². The molecule has 0 bridgehead atoms. The van der Waals surface area contributed by atoms with Gasteiger partial charge in [0.2, 0.25) is 0 Å². The Bertz CT molecular complexity index is 248. The molecule has 2 atom stereocenters. The molecule has 0 amide bonds. The molecule has 0 N–H and O–H groups in total. The summed E-state index contributed by atoms with van der Waals surface area (Å²) in [4.78, 5) is 11.3. The Kier molecular flexibility index (Phi) is 2.24. The molecule has 0 aliphatic heterocycles. The largest absolute Gasteiger partial charge is 0.300 e. The van der Waals surface area contributed by atoms with E-state index in [0.29, 0.717) is 16.6 Å². The zero-order valence-electron chi connectivity index (χ0n) is 9.73. The first kappa shape index (κ1) is 10.2. The lowest BCUT2D eigenvalue weighted by Crippen LogP contribution is -2.43. The van der Waals surface area contributed by atoms with Crippen LogP contribution in [0.25, 0.3) is 0 Å². The van der Waals surface area contributed by atoms with Gasteiger partial charge in [-0.2, -0.15) is 0 Å². The molecule has 0 aromatic rings. The summed E-state index contributed by atoms with van der Waals surface area (Å²) in [7, 11) is 0. The molecule has 0 heterocycles. The highest BCUT2D eigenvalue weighted by Crippen LogP contribution is 2.74. The van der Waals surface area contributed by atoms with Gasteiger partial charge in [0.1, 0.15) is 5.78 Å². The van der Waals surface area contributed by atoms with Crippen molar-refractivity contribution in [2.24, 2.45) is 16.7 Å². The summed E-state index contributed by atoms with van der Waals surface area (Å²) in [5, 5.41) is 0. The minimum Gasteiger partial charge on any atom is -0.300 e. The lowest BCUT2D eigenvalue weighted by molar-refractivity contribution is -0.123. The molecule has 2 rings (SSSR count). The summed E-state index contributed by atoms with van der Waals surface area (Å²) in [5.74, 6) is 0.660. The molecular formula is C13H22O. The van der Waals surface area contributed by atoms with Crippen LogP contribution in [0, 0.1) is 16.7 Å². The highest BCUT2D eigenvalue weighted by atomic mass is 16.1. The van der Waals surface area contributed by atoms with Crippen molar-refractivity contribution in [3.63, 3.8) is 0 Å². The molecule has 2 fully saturated rings. The zero-order valence-corrected chi connectivity index (χ0v) is 9.73. The maximum absolute atomic E-state index is 11.3. The van der Waals surface area contributed by atoms with Crippen LogP contribution in [0.4, 0.5) is 0 Å². The van der Waals surface area contributed by atoms with Crippen LogP contribution in [-0.4, -0.2) is 5.78 Å². The number of hydrogen-bond donors (Lipinski definition) is 0. The summed E-state index contributed by atoms with van der Waals surface area (Å²) < 4.78 is 0. The van der Waals surface area contributed by atoms with Gasteiger partial charge in [0.15, 0.2) is 0 Å². The molecular weight excluding hydrogens is 172 g/mol. The third-order valence-electron chi connectivity index (χ3n) is 5.13. The average molecular weight is 194 g/mol. The first-order valence-electron chi connectivity index (χ1n) is 6.06. The minimum atomic E-state index is 0.285. The van der Waals surface area contributed by atoms with Crippen LogP contribution in [0.5, 0.6) is 0 Å². The van der Waals surface area contributed by atoms with Crippen molar-refractivity contribution in [2.45, 2.75) is 59.3 Å². The summed E-state index contributed by atoms with van der Waals surface area (Å²) in [6.45, 7) is 6.16. The Hall–Kier alpha value is -0.330. The molecule has 14 heavy (non-hydrogen) atoms. The third kappa shape index (κ3) is 1.24. The Morgan fingerprint density at radius 3 is 2.14 bits per heavy atom. The standard InChI is InChI=1S/C13H22O/c1-4-12(9-10(2)11(3)14)5-6-13(12)7-8-13/h10H,4-9H2,1-3H3. The molecule has 1 nitrogen and oxygen atoms in total. The Morgan fingerprint density at radius 1 is 1.29 bits per heavy atom. The first-order chi connectivity index (χ1) is 6.55. The van der Waals surface area contributed by atoms with Crippen molar-refractivity contribution >= 4 is 5.78 Å². The van der Waals surface area contributed by atoms with Gasteiger partial charge in [-0.3, -0.25) is 4.79 Å². The third-order valence-corrected chi connectivity index (χ3v) is 5.13. The second kappa shape index (κ2) is 3.08. The maximum Gasteiger partial charge on any atom is 0.132 e. The zero-order chi connectivity index (χ0) is 10.4. The van der Waals surface area contributed by atoms with Crippen LogP contribution in [0.3, 0.4) is 0 Å². The summed E-state index contributed by atoms with van der Waals surface area (Å²) in [5.41, 5.74) is 1.25. The van der Waals surface area contributed by atoms with Gasteiger partial charge < -0.3 is 0 Å². The van der Waals surface area contributed by atoms with Gasteiger partial charge >= 0.3 is 0 Å². The highest BCUT2D eigenvalue weighted by molar-refractivity contribution is 5.77. The van der Waals surface area contributed by atoms with E-state index in [2.05, 4.69) is 13.8 Å². The van der Waals surface area contributed by atoms with Crippen molar-refractivity contribution in [3.8, 4) is 0 Å². The van der Waals surface area contributed by atoms with Crippen molar-refractivity contribution in [3.05, 3.63) is 0 Å². The fraction of sp³-hybridized carbons (Fsp3) is 0.923. The van der Waals surface area contributed by atoms with Gasteiger partial charge in [-0.05, 0) is 56.3 Å². The fourth-order valence-corrected chi connectivity index (χ4v) is 3.51. The van der Waals surface area contributed by atoms with Crippen molar-refractivity contribution in [1.29, 1.82) is 0 Å². The number of hydrogen-bond acceptors (Lipinski definition) is 1. The van der Waals surface area contributed by atoms with E-state index in [1.165, 1.54) is 32.1 Å². The SMILES string of the molecule is CCC1(CC(C)C(C)=O)CCC12CC2. The van der Waals surface area contributed by atoms with Crippen LogP contribution in [0.15, 0.2) is 0 Å². The van der Waals surface area contributed by atoms with E-state index in [9.17, 15) is 4.79 Å². The lowest BCUT2D eigenvalue weighted by atomic mass is 9.52. The molecule has 0 saturated heterocycles. The number of Topliss-reactive ketones (excluding diaryl/α,β-unsaturated/α-hetero) is 1. The highest BCUT2D eigenvalue weighted by Gasteiger charge is 2.64. The molecule has 1 heteroatoms. The van der Waals surface area contributed by atoms with Crippen LogP contribution in [0.1, 0.15) is 59.3 Å². The smallest absolute Gasteiger partial charge is 0.132 e. The van der Waals surface area contributed by atoms with Crippen molar-refractivity contribution in [2.75, 3.05) is 0 Å². The summed E-state index contributed by atoms with van der Waals surface area (Å²) in [6.07, 6.45) is 8.12. The minimum absolute atomic E-state index is 0.285. The molecule has 2 unspecified atom stereocenters. The van der Waals surface area contributed by atoms with Gasteiger partial charge in [-0.1, -0.05) is 13.8 Å². The average Bonchev–Trinajstić information content (AvgIpc) is 2.93. The van der Waals surface area contributed by atoms with E-state index in [4.69, 9.17) is 0 Å². The normalized spacial score (nSPS) is 35.1. The van der Waals surface area contributed by atoms with E-state index in [1.807, 2.05) is 0 Å². The predicted octanol–water partition coefficient (Wildman–Crippen LogP) is 3.57. The topological polar surface area (TPSA) is 17.1 Å². The van der Waals surface area contributed by atoms with E-state index in [-0.39, 0.29) is 5.92 Å². The second-order valence-corrected chi connectivity index (χ2v) is 5.63. The number of carbonyl (C=O) groups is 1. The van der Waals surface area contributed by atoms with Crippen LogP contribution >= 0.6 is 0 Å². The van der Waals surface area contributed by atoms with Gasteiger partial charge in [0.25, 0.3) is 0 Å². The molecule has 0 aromatic heterocycles. The summed E-state index contributed by atoms with van der Waals surface area (Å²) in [6, 6.07) is 0. The lowest BCUT2D eigenvalue weighted by Gasteiger charge is -2.52. The van der Waals surface area contributed by atoms with Crippen LogP contribution < -0.4 is 0 Å². The number of carbonyl (C=O) groups excluding carboxylic acids is 1. The number of rotatable bonds is 4. The molecule has 0 aromatic carbocycles. The number of ketones is 1. The van der Waals surface area contributed by atoms with Crippen LogP contribution in [0.2, 0.25) is 0 Å². The predicted molar refractivity (Wildman–Crippen MR) is 58.1 cm³/mol. The fourth-order valence-electron chi connectivity index (χ4n) is 3.51. The summed E-state index contributed by atoms with van der Waals surface area (Å²) >= 11 is 0.